The van der Waals surface area contributed by atoms with Crippen LogP contribution in [-0.2, 0) is 9.59 Å². The van der Waals surface area contributed by atoms with E-state index < -0.39 is 5.97 Å². The zero-order chi connectivity index (χ0) is 16.8. The van der Waals surface area contributed by atoms with E-state index in [0.29, 0.717) is 25.3 Å². The van der Waals surface area contributed by atoms with Crippen LogP contribution in [0, 0.1) is 5.92 Å². The summed E-state index contributed by atoms with van der Waals surface area (Å²) < 4.78 is 1.04. The summed E-state index contributed by atoms with van der Waals surface area (Å²) in [5.74, 6) is -0.0932. The molecule has 0 saturated carbocycles. The quantitative estimate of drug-likeness (QED) is 0.808. The summed E-state index contributed by atoms with van der Waals surface area (Å²) in [6.07, 6.45) is 3.35. The Labute approximate surface area is 146 Å². The third kappa shape index (κ3) is 5.34. The van der Waals surface area contributed by atoms with Crippen molar-refractivity contribution in [3.63, 3.8) is 0 Å². The molecule has 23 heavy (non-hydrogen) atoms. The van der Waals surface area contributed by atoms with Crippen molar-refractivity contribution in [2.24, 2.45) is 5.92 Å². The third-order valence-electron chi connectivity index (χ3n) is 4.56. The van der Waals surface area contributed by atoms with Gasteiger partial charge in [-0.1, -0.05) is 41.1 Å². The lowest BCUT2D eigenvalue weighted by Gasteiger charge is -2.33. The third-order valence-corrected chi connectivity index (χ3v) is 5.28. The Hall–Kier alpha value is -1.36. The number of carbonyl (C=O) groups excluding carboxylic acids is 1. The molecule has 1 aliphatic rings. The van der Waals surface area contributed by atoms with Crippen LogP contribution in [0.25, 0.3) is 0 Å². The van der Waals surface area contributed by atoms with E-state index in [2.05, 4.69) is 22.9 Å². The molecule has 1 saturated heterocycles. The van der Waals surface area contributed by atoms with Crippen LogP contribution >= 0.6 is 15.9 Å². The first kappa shape index (κ1) is 18.0. The van der Waals surface area contributed by atoms with Gasteiger partial charge in [-0.05, 0) is 42.7 Å². The molecule has 0 aliphatic carbocycles. The normalized spacial score (nSPS) is 19.4. The fraction of sp³-hybridized carbons (Fsp3) is 0.556. The average molecular weight is 382 g/mol. The number of hydrogen-bond acceptors (Lipinski definition) is 2. The van der Waals surface area contributed by atoms with Gasteiger partial charge in [-0.3, -0.25) is 9.59 Å². The van der Waals surface area contributed by atoms with E-state index in [0.717, 1.165) is 29.4 Å². The summed E-state index contributed by atoms with van der Waals surface area (Å²) in [7, 11) is 0. The molecule has 0 bridgehead atoms. The van der Waals surface area contributed by atoms with E-state index in [1.54, 1.807) is 0 Å². The number of nitrogens with zero attached hydrogens (tertiary/aromatic N) is 1. The highest BCUT2D eigenvalue weighted by atomic mass is 79.9. The molecule has 126 valence electrons. The number of piperidine rings is 1. The lowest BCUT2D eigenvalue weighted by atomic mass is 9.92. The Balaban J connectivity index is 1.89. The molecule has 1 fully saturated rings. The molecule has 4 nitrogen and oxygen atoms in total. The van der Waals surface area contributed by atoms with Crippen LogP contribution in [0.5, 0.6) is 0 Å². The number of rotatable bonds is 6. The fourth-order valence-corrected chi connectivity index (χ4v) is 3.91. The van der Waals surface area contributed by atoms with Crippen LogP contribution in [-0.4, -0.2) is 35.0 Å². The maximum Gasteiger partial charge on any atom is 0.303 e. The first-order chi connectivity index (χ1) is 11.0. The van der Waals surface area contributed by atoms with Crippen LogP contribution in [0.1, 0.15) is 50.5 Å². The molecule has 0 radical (unpaired) electrons. The van der Waals surface area contributed by atoms with Gasteiger partial charge in [-0.25, -0.2) is 0 Å². The second-order valence-electron chi connectivity index (χ2n) is 6.41. The molecular formula is C18H24BrNO3. The lowest BCUT2D eigenvalue weighted by molar-refractivity contribution is -0.137. The average Bonchev–Trinajstić information content (AvgIpc) is 2.53. The molecule has 1 aromatic rings. The van der Waals surface area contributed by atoms with Gasteiger partial charge in [0.1, 0.15) is 0 Å². The van der Waals surface area contributed by atoms with Crippen LogP contribution in [0.15, 0.2) is 28.7 Å². The molecule has 1 heterocycles. The summed E-state index contributed by atoms with van der Waals surface area (Å²) in [5.41, 5.74) is 1.15. The minimum atomic E-state index is -0.754. The summed E-state index contributed by atoms with van der Waals surface area (Å²) in [6, 6.07) is 8.01. The summed E-state index contributed by atoms with van der Waals surface area (Å²) in [6.45, 7) is 3.57. The number of amides is 1. The van der Waals surface area contributed by atoms with E-state index in [1.807, 2.05) is 29.2 Å². The van der Waals surface area contributed by atoms with Crippen molar-refractivity contribution < 1.29 is 14.7 Å². The van der Waals surface area contributed by atoms with Gasteiger partial charge in [0.2, 0.25) is 5.91 Å². The summed E-state index contributed by atoms with van der Waals surface area (Å²) in [4.78, 5) is 25.2. The van der Waals surface area contributed by atoms with Gasteiger partial charge in [0.15, 0.2) is 0 Å². The standard InChI is InChI=1S/C18H24BrNO3/c1-13(15-6-2-3-7-16(15)19)11-17(21)20-10-4-5-14(12-20)8-9-18(22)23/h2-3,6-7,13-14H,4-5,8-12H2,1H3,(H,22,23). The summed E-state index contributed by atoms with van der Waals surface area (Å²) >= 11 is 3.55. The van der Waals surface area contributed by atoms with Crippen LogP contribution < -0.4 is 0 Å². The zero-order valence-corrected chi connectivity index (χ0v) is 15.1. The molecule has 0 aromatic heterocycles. The highest BCUT2D eigenvalue weighted by Crippen LogP contribution is 2.28. The first-order valence-corrected chi connectivity index (χ1v) is 9.00. The van der Waals surface area contributed by atoms with E-state index >= 15 is 0 Å². The van der Waals surface area contributed by atoms with Crippen molar-refractivity contribution in [2.75, 3.05) is 13.1 Å². The largest absolute Gasteiger partial charge is 0.481 e. The second-order valence-corrected chi connectivity index (χ2v) is 7.26. The van der Waals surface area contributed by atoms with Gasteiger partial charge in [-0.2, -0.15) is 0 Å². The maximum absolute atomic E-state index is 12.6. The van der Waals surface area contributed by atoms with Crippen molar-refractivity contribution in [2.45, 2.75) is 44.9 Å². The topological polar surface area (TPSA) is 57.6 Å². The Morgan fingerprint density at radius 1 is 1.39 bits per heavy atom. The van der Waals surface area contributed by atoms with Crippen LogP contribution in [0.3, 0.4) is 0 Å². The fourth-order valence-electron chi connectivity index (χ4n) is 3.23. The number of benzene rings is 1. The number of halogens is 1. The molecule has 2 unspecified atom stereocenters. The predicted octanol–water partition coefficient (Wildman–Crippen LogP) is 4.05. The molecule has 5 heteroatoms. The smallest absolute Gasteiger partial charge is 0.303 e. The van der Waals surface area contributed by atoms with E-state index in [-0.39, 0.29) is 18.2 Å². The monoisotopic (exact) mass is 381 g/mol. The van der Waals surface area contributed by atoms with Gasteiger partial charge in [0.25, 0.3) is 0 Å². The SMILES string of the molecule is CC(CC(=O)N1CCCC(CCC(=O)O)C1)c1ccccc1Br. The van der Waals surface area contributed by atoms with Crippen molar-refractivity contribution in [3.8, 4) is 0 Å². The Morgan fingerprint density at radius 2 is 2.13 bits per heavy atom. The number of likely N-dealkylation sites (tertiary alicyclic amines) is 1. The first-order valence-electron chi connectivity index (χ1n) is 8.21. The lowest BCUT2D eigenvalue weighted by Crippen LogP contribution is -2.40. The Morgan fingerprint density at radius 3 is 2.83 bits per heavy atom. The van der Waals surface area contributed by atoms with Crippen LogP contribution in [0.4, 0.5) is 0 Å². The molecule has 1 N–H and O–H groups in total. The number of aliphatic carboxylic acids is 1. The molecular weight excluding hydrogens is 358 g/mol. The zero-order valence-electron chi connectivity index (χ0n) is 13.5. The molecule has 2 rings (SSSR count). The van der Waals surface area contributed by atoms with Crippen LogP contribution in [0.2, 0.25) is 0 Å². The van der Waals surface area contributed by atoms with E-state index in [9.17, 15) is 9.59 Å². The van der Waals surface area contributed by atoms with E-state index in [1.165, 1.54) is 0 Å². The number of carbonyl (C=O) groups is 2. The highest BCUT2D eigenvalue weighted by molar-refractivity contribution is 9.10. The molecule has 1 aliphatic heterocycles. The number of hydrogen-bond donors (Lipinski definition) is 1. The minimum Gasteiger partial charge on any atom is -0.481 e. The number of carboxylic acids is 1. The Bertz CT molecular complexity index is 561. The second kappa shape index (κ2) is 8.48. The molecule has 1 amide bonds. The highest BCUT2D eigenvalue weighted by Gasteiger charge is 2.25. The van der Waals surface area contributed by atoms with Gasteiger partial charge in [0, 0.05) is 30.4 Å². The van der Waals surface area contributed by atoms with Gasteiger partial charge < -0.3 is 10.0 Å². The van der Waals surface area contributed by atoms with E-state index in [4.69, 9.17) is 5.11 Å². The van der Waals surface area contributed by atoms with Gasteiger partial charge in [0.05, 0.1) is 0 Å². The van der Waals surface area contributed by atoms with Crippen molar-refractivity contribution >= 4 is 27.8 Å². The molecule has 2 atom stereocenters. The molecule has 0 spiro atoms. The van der Waals surface area contributed by atoms with Crippen molar-refractivity contribution in [3.05, 3.63) is 34.3 Å². The van der Waals surface area contributed by atoms with Crippen molar-refractivity contribution in [1.29, 1.82) is 0 Å². The minimum absolute atomic E-state index is 0.164. The maximum atomic E-state index is 12.6. The summed E-state index contributed by atoms with van der Waals surface area (Å²) in [5, 5.41) is 8.81. The Kier molecular flexibility index (Phi) is 6.63. The van der Waals surface area contributed by atoms with Gasteiger partial charge in [-0.15, -0.1) is 0 Å². The predicted molar refractivity (Wildman–Crippen MR) is 93.3 cm³/mol. The number of carboxylic acid groups (broad SMARTS) is 1. The van der Waals surface area contributed by atoms with Gasteiger partial charge >= 0.3 is 5.97 Å². The van der Waals surface area contributed by atoms with Crippen molar-refractivity contribution in [1.82, 2.24) is 4.90 Å². The molecule has 1 aromatic carbocycles.